The van der Waals surface area contributed by atoms with Gasteiger partial charge in [-0.25, -0.2) is 4.79 Å². The minimum Gasteiger partial charge on any atom is -0.445 e. The lowest BCUT2D eigenvalue weighted by Crippen LogP contribution is -2.61. The van der Waals surface area contributed by atoms with E-state index < -0.39 is 34.4 Å². The fraction of sp³-hybridized carbons (Fsp3) is 0.207. The summed E-state index contributed by atoms with van der Waals surface area (Å²) in [5.41, 5.74) is 7.16. The van der Waals surface area contributed by atoms with E-state index in [1.165, 1.54) is 31.2 Å². The Morgan fingerprint density at radius 1 is 1.00 bits per heavy atom. The summed E-state index contributed by atoms with van der Waals surface area (Å²) in [7, 11) is 0. The van der Waals surface area contributed by atoms with Gasteiger partial charge in [0.25, 0.3) is 5.69 Å². The molecule has 4 rings (SSSR count). The highest BCUT2D eigenvalue weighted by atomic mass is 16.6. The predicted octanol–water partition coefficient (Wildman–Crippen LogP) is 3.52. The average Bonchev–Trinajstić information content (AvgIpc) is 3.35. The van der Waals surface area contributed by atoms with E-state index in [9.17, 15) is 24.5 Å². The minimum absolute atomic E-state index is 0.0864. The molecule has 1 aromatic heterocycles. The van der Waals surface area contributed by atoms with E-state index in [0.717, 1.165) is 22.0 Å². The van der Waals surface area contributed by atoms with Gasteiger partial charge >= 0.3 is 6.09 Å². The second-order valence-corrected chi connectivity index (χ2v) is 9.61. The Balaban J connectivity index is 1.52. The van der Waals surface area contributed by atoms with Crippen molar-refractivity contribution in [1.82, 2.24) is 15.6 Å². The van der Waals surface area contributed by atoms with Crippen LogP contribution in [0.2, 0.25) is 0 Å². The van der Waals surface area contributed by atoms with Crippen LogP contribution in [0.1, 0.15) is 23.6 Å². The van der Waals surface area contributed by atoms with Gasteiger partial charge in [-0.1, -0.05) is 48.5 Å². The first-order chi connectivity index (χ1) is 19.1. The van der Waals surface area contributed by atoms with Crippen LogP contribution in [0.5, 0.6) is 0 Å². The van der Waals surface area contributed by atoms with Crippen LogP contribution >= 0.6 is 0 Å². The largest absolute Gasteiger partial charge is 0.445 e. The van der Waals surface area contributed by atoms with Crippen LogP contribution in [-0.2, 0) is 33.8 Å². The maximum Gasteiger partial charge on any atom is 0.408 e. The van der Waals surface area contributed by atoms with E-state index in [4.69, 9.17) is 10.5 Å². The Labute approximate surface area is 229 Å². The first-order valence-corrected chi connectivity index (χ1v) is 12.5. The lowest BCUT2D eigenvalue weighted by atomic mass is 9.91. The molecule has 0 saturated heterocycles. The zero-order valence-corrected chi connectivity index (χ0v) is 21.8. The van der Waals surface area contributed by atoms with E-state index in [0.29, 0.717) is 5.56 Å². The van der Waals surface area contributed by atoms with Gasteiger partial charge in [0, 0.05) is 42.1 Å². The number of amides is 3. The van der Waals surface area contributed by atoms with Gasteiger partial charge in [0.2, 0.25) is 11.8 Å². The highest BCUT2D eigenvalue weighted by molar-refractivity contribution is 5.94. The smallest absolute Gasteiger partial charge is 0.408 e. The van der Waals surface area contributed by atoms with E-state index in [1.807, 2.05) is 54.6 Å². The normalized spacial score (nSPS) is 13.1. The number of carbonyl (C=O) groups is 3. The Bertz CT molecular complexity index is 1520. The molecular weight excluding hydrogens is 514 g/mol. The van der Waals surface area contributed by atoms with Crippen LogP contribution in [0, 0.1) is 10.1 Å². The van der Waals surface area contributed by atoms with Crippen molar-refractivity contribution >= 4 is 34.5 Å². The summed E-state index contributed by atoms with van der Waals surface area (Å²) in [4.78, 5) is 52.3. The number of nitro benzene ring substituents is 1. The second-order valence-electron chi connectivity index (χ2n) is 9.61. The Morgan fingerprint density at radius 2 is 1.68 bits per heavy atom. The monoisotopic (exact) mass is 543 g/mol. The Kier molecular flexibility index (Phi) is 8.43. The van der Waals surface area contributed by atoms with Crippen LogP contribution in [0.4, 0.5) is 10.5 Å². The zero-order chi connectivity index (χ0) is 28.7. The number of alkyl carbamates (subject to hydrolysis) is 1. The van der Waals surface area contributed by atoms with Crippen molar-refractivity contribution in [3.05, 3.63) is 112 Å². The molecule has 2 atom stereocenters. The van der Waals surface area contributed by atoms with Gasteiger partial charge in [-0.3, -0.25) is 19.7 Å². The number of ether oxygens (including phenoxy) is 1. The van der Waals surface area contributed by atoms with E-state index >= 15 is 0 Å². The SMILES string of the molecule is CC(Cc1ccccc1)(NC(=O)[C@H](Cc1c[nH]c2ccccc12)NC(=O)OCc1ccc([N+](=O)[O-])cc1)C(N)=O. The van der Waals surface area contributed by atoms with Crippen molar-refractivity contribution in [2.45, 2.75) is 38.0 Å². The molecule has 0 radical (unpaired) electrons. The van der Waals surface area contributed by atoms with Gasteiger partial charge in [0.1, 0.15) is 18.2 Å². The first kappa shape index (κ1) is 27.8. The molecule has 1 unspecified atom stereocenters. The lowest BCUT2D eigenvalue weighted by Gasteiger charge is -2.30. The summed E-state index contributed by atoms with van der Waals surface area (Å²) < 4.78 is 5.29. The molecule has 0 aliphatic carbocycles. The number of benzene rings is 3. The summed E-state index contributed by atoms with van der Waals surface area (Å²) in [6, 6.07) is 21.1. The molecule has 5 N–H and O–H groups in total. The summed E-state index contributed by atoms with van der Waals surface area (Å²) in [5.74, 6) is -1.34. The van der Waals surface area contributed by atoms with Crippen LogP contribution < -0.4 is 16.4 Å². The van der Waals surface area contributed by atoms with E-state index in [1.54, 1.807) is 6.20 Å². The maximum absolute atomic E-state index is 13.6. The number of para-hydroxylation sites is 1. The number of hydrogen-bond acceptors (Lipinski definition) is 6. The van der Waals surface area contributed by atoms with Gasteiger partial charge < -0.3 is 26.1 Å². The number of nitrogens with zero attached hydrogens (tertiary/aromatic N) is 1. The van der Waals surface area contributed by atoms with Crippen molar-refractivity contribution in [3.63, 3.8) is 0 Å². The summed E-state index contributed by atoms with van der Waals surface area (Å²) in [5, 5.41) is 17.1. The molecule has 206 valence electrons. The molecule has 1 heterocycles. The number of rotatable bonds is 11. The molecule has 3 aromatic carbocycles. The standard InChI is InChI=1S/C29H29N5O6/c1-29(27(30)36,16-19-7-3-2-4-8-19)33-26(35)25(15-21-17-31-24-10-6-5-9-23(21)24)32-28(37)40-18-20-11-13-22(14-12-20)34(38)39/h2-14,17,25,31H,15-16,18H2,1H3,(H2,30,36)(H,32,37)(H,33,35)/t25-,29?/m0/s1. The molecule has 0 aliphatic heterocycles. The molecule has 4 aromatic rings. The Hall–Kier alpha value is -5.19. The number of nitro groups is 1. The number of hydrogen-bond donors (Lipinski definition) is 4. The molecule has 0 saturated carbocycles. The number of aromatic nitrogens is 1. The van der Waals surface area contributed by atoms with Gasteiger partial charge in [0.15, 0.2) is 0 Å². The first-order valence-electron chi connectivity index (χ1n) is 12.5. The molecule has 0 fully saturated rings. The third-order valence-electron chi connectivity index (χ3n) is 6.57. The van der Waals surface area contributed by atoms with Crippen molar-refractivity contribution in [2.24, 2.45) is 5.73 Å². The maximum atomic E-state index is 13.6. The van der Waals surface area contributed by atoms with Crippen LogP contribution in [0.15, 0.2) is 85.1 Å². The Morgan fingerprint density at radius 3 is 2.35 bits per heavy atom. The number of nitrogens with two attached hydrogens (primary N) is 1. The highest BCUT2D eigenvalue weighted by Gasteiger charge is 2.36. The number of fused-ring (bicyclic) bond motifs is 1. The molecule has 11 heteroatoms. The number of primary amides is 1. The number of non-ortho nitro benzene ring substituents is 1. The molecule has 0 spiro atoms. The summed E-state index contributed by atoms with van der Waals surface area (Å²) in [6.45, 7) is 1.37. The number of nitrogens with one attached hydrogen (secondary N) is 3. The molecule has 40 heavy (non-hydrogen) atoms. The summed E-state index contributed by atoms with van der Waals surface area (Å²) >= 11 is 0. The van der Waals surface area contributed by atoms with Crippen LogP contribution in [0.3, 0.4) is 0 Å². The zero-order valence-electron chi connectivity index (χ0n) is 21.8. The fourth-order valence-corrected chi connectivity index (χ4v) is 4.33. The molecule has 11 nitrogen and oxygen atoms in total. The average molecular weight is 544 g/mol. The van der Waals surface area contributed by atoms with Crippen LogP contribution in [-0.4, -0.2) is 39.4 Å². The van der Waals surface area contributed by atoms with Gasteiger partial charge in [-0.2, -0.15) is 0 Å². The van der Waals surface area contributed by atoms with E-state index in [-0.39, 0.29) is 25.1 Å². The van der Waals surface area contributed by atoms with Crippen molar-refractivity contribution in [3.8, 4) is 0 Å². The number of carbonyl (C=O) groups excluding carboxylic acids is 3. The van der Waals surface area contributed by atoms with Crippen molar-refractivity contribution in [2.75, 3.05) is 0 Å². The van der Waals surface area contributed by atoms with Gasteiger partial charge in [-0.15, -0.1) is 0 Å². The van der Waals surface area contributed by atoms with Crippen molar-refractivity contribution in [1.29, 1.82) is 0 Å². The molecule has 0 aliphatic rings. The molecule has 3 amide bonds. The third-order valence-corrected chi connectivity index (χ3v) is 6.57. The number of aromatic amines is 1. The fourth-order valence-electron chi connectivity index (χ4n) is 4.33. The number of H-pyrrole nitrogens is 1. The third kappa shape index (κ3) is 6.81. The second kappa shape index (κ2) is 12.1. The highest BCUT2D eigenvalue weighted by Crippen LogP contribution is 2.20. The minimum atomic E-state index is -1.43. The van der Waals surface area contributed by atoms with Gasteiger partial charge in [0.05, 0.1) is 4.92 Å². The van der Waals surface area contributed by atoms with Crippen LogP contribution in [0.25, 0.3) is 10.9 Å². The lowest BCUT2D eigenvalue weighted by molar-refractivity contribution is -0.384. The van der Waals surface area contributed by atoms with Crippen molar-refractivity contribution < 1.29 is 24.0 Å². The predicted molar refractivity (Wildman–Crippen MR) is 148 cm³/mol. The van der Waals surface area contributed by atoms with E-state index in [2.05, 4.69) is 15.6 Å². The quantitative estimate of drug-likeness (QED) is 0.167. The summed E-state index contributed by atoms with van der Waals surface area (Å²) in [6.07, 6.45) is 1.14. The molecule has 0 bridgehead atoms. The van der Waals surface area contributed by atoms with Gasteiger partial charge in [-0.05, 0) is 41.8 Å². The topological polar surface area (TPSA) is 169 Å². The molecular formula is C29H29N5O6.